The summed E-state index contributed by atoms with van der Waals surface area (Å²) in [6, 6.07) is 5.62. The van der Waals surface area contributed by atoms with Gasteiger partial charge < -0.3 is 5.32 Å². The summed E-state index contributed by atoms with van der Waals surface area (Å²) in [7, 11) is 0. The van der Waals surface area contributed by atoms with Gasteiger partial charge in [-0.15, -0.1) is 0 Å². The summed E-state index contributed by atoms with van der Waals surface area (Å²) in [6.45, 7) is 4.62. The lowest BCUT2D eigenvalue weighted by Gasteiger charge is -2.07. The molecular formula is C17H16ClN7. The molecule has 4 rings (SSSR count). The molecule has 0 unspecified atom stereocenters. The quantitative estimate of drug-likeness (QED) is 0.610. The maximum absolute atomic E-state index is 6.16. The third-order valence-corrected chi connectivity index (χ3v) is 4.17. The first-order valence-corrected chi connectivity index (χ1v) is 8.19. The van der Waals surface area contributed by atoms with Crippen LogP contribution < -0.4 is 5.32 Å². The van der Waals surface area contributed by atoms with Crippen LogP contribution in [0.1, 0.15) is 17.1 Å². The summed E-state index contributed by atoms with van der Waals surface area (Å²) in [5.41, 5.74) is 3.97. The van der Waals surface area contributed by atoms with Gasteiger partial charge in [-0.1, -0.05) is 11.6 Å². The zero-order valence-electron chi connectivity index (χ0n) is 13.8. The molecule has 0 aliphatic heterocycles. The van der Waals surface area contributed by atoms with E-state index in [1.54, 1.807) is 29.2 Å². The van der Waals surface area contributed by atoms with Crippen molar-refractivity contribution in [2.24, 2.45) is 0 Å². The van der Waals surface area contributed by atoms with Crippen LogP contribution in [0.2, 0.25) is 5.02 Å². The molecular weight excluding hydrogens is 338 g/mol. The molecule has 4 aromatic rings. The van der Waals surface area contributed by atoms with Gasteiger partial charge >= 0.3 is 0 Å². The molecule has 8 heteroatoms. The van der Waals surface area contributed by atoms with E-state index in [2.05, 4.69) is 25.4 Å². The van der Waals surface area contributed by atoms with Crippen LogP contribution in [0.4, 0.5) is 5.69 Å². The van der Waals surface area contributed by atoms with Crippen molar-refractivity contribution >= 4 is 23.1 Å². The molecule has 126 valence electrons. The second kappa shape index (κ2) is 6.18. The molecule has 4 heterocycles. The van der Waals surface area contributed by atoms with Crippen LogP contribution in [0.5, 0.6) is 0 Å². The van der Waals surface area contributed by atoms with Crippen LogP contribution in [0, 0.1) is 13.8 Å². The third-order valence-electron chi connectivity index (χ3n) is 3.88. The molecule has 0 amide bonds. The number of aryl methyl sites for hydroxylation is 2. The van der Waals surface area contributed by atoms with Gasteiger partial charge in [0.25, 0.3) is 0 Å². The molecule has 0 aliphatic carbocycles. The zero-order chi connectivity index (χ0) is 17.4. The van der Waals surface area contributed by atoms with E-state index in [0.29, 0.717) is 23.2 Å². The minimum absolute atomic E-state index is 0.552. The largest absolute Gasteiger partial charge is 0.377 e. The Hall–Kier alpha value is -2.93. The van der Waals surface area contributed by atoms with Gasteiger partial charge in [0, 0.05) is 17.6 Å². The zero-order valence-corrected chi connectivity index (χ0v) is 14.6. The number of pyridine rings is 1. The van der Waals surface area contributed by atoms with Gasteiger partial charge in [-0.3, -0.25) is 4.40 Å². The number of rotatable bonds is 4. The lowest BCUT2D eigenvalue weighted by molar-refractivity contribution is 0.847. The molecule has 1 N–H and O–H groups in total. The molecule has 0 atom stereocenters. The van der Waals surface area contributed by atoms with E-state index < -0.39 is 0 Å². The minimum Gasteiger partial charge on any atom is -0.377 e. The molecule has 0 radical (unpaired) electrons. The summed E-state index contributed by atoms with van der Waals surface area (Å²) >= 11 is 6.16. The predicted molar refractivity (Wildman–Crippen MR) is 96.2 cm³/mol. The monoisotopic (exact) mass is 353 g/mol. The fraction of sp³-hybridized carbons (Fsp3) is 0.176. The molecule has 0 aromatic carbocycles. The number of halogens is 1. The van der Waals surface area contributed by atoms with Crippen molar-refractivity contribution in [3.05, 3.63) is 65.1 Å². The number of fused-ring (bicyclic) bond motifs is 1. The Kier molecular flexibility index (Phi) is 3.85. The Balaban J connectivity index is 1.56. The number of anilines is 1. The summed E-state index contributed by atoms with van der Waals surface area (Å²) in [6.07, 6.45) is 7.12. The highest BCUT2D eigenvalue weighted by Crippen LogP contribution is 2.18. The predicted octanol–water partition coefficient (Wildman–Crippen LogP) is 3.19. The number of nitrogens with one attached hydrogen (secondary N) is 1. The van der Waals surface area contributed by atoms with Crippen molar-refractivity contribution in [3.8, 4) is 5.82 Å². The lowest BCUT2D eigenvalue weighted by Crippen LogP contribution is -2.05. The lowest BCUT2D eigenvalue weighted by atomic mass is 10.3. The minimum atomic E-state index is 0.552. The van der Waals surface area contributed by atoms with Gasteiger partial charge in [-0.2, -0.15) is 5.10 Å². The Morgan fingerprint density at radius 3 is 2.92 bits per heavy atom. The van der Waals surface area contributed by atoms with Crippen LogP contribution in [0.3, 0.4) is 0 Å². The number of hydrogen-bond donors (Lipinski definition) is 1. The maximum atomic E-state index is 6.16. The Bertz CT molecular complexity index is 1050. The molecule has 25 heavy (non-hydrogen) atoms. The number of aromatic nitrogens is 6. The van der Waals surface area contributed by atoms with Gasteiger partial charge in [0.1, 0.15) is 0 Å². The van der Waals surface area contributed by atoms with Gasteiger partial charge in [-0.25, -0.2) is 19.6 Å². The van der Waals surface area contributed by atoms with Gasteiger partial charge in [0.05, 0.1) is 41.5 Å². The van der Waals surface area contributed by atoms with Gasteiger partial charge in [0.2, 0.25) is 5.78 Å². The van der Waals surface area contributed by atoms with Crippen LogP contribution in [-0.2, 0) is 6.54 Å². The molecule has 0 spiro atoms. The van der Waals surface area contributed by atoms with Crippen molar-refractivity contribution < 1.29 is 0 Å². The normalized spacial score (nSPS) is 11.2. The maximum Gasteiger partial charge on any atom is 0.234 e. The van der Waals surface area contributed by atoms with E-state index in [4.69, 9.17) is 11.6 Å². The molecule has 0 saturated carbocycles. The molecule has 0 fully saturated rings. The molecule has 0 saturated heterocycles. The number of imidazole rings is 1. The van der Waals surface area contributed by atoms with E-state index in [-0.39, 0.29) is 0 Å². The number of hydrogen-bond acceptors (Lipinski definition) is 5. The Labute approximate surface area is 149 Å². The van der Waals surface area contributed by atoms with Crippen molar-refractivity contribution in [2.45, 2.75) is 20.4 Å². The number of nitrogens with zero attached hydrogens (tertiary/aromatic N) is 6. The topological polar surface area (TPSA) is 72.9 Å². The van der Waals surface area contributed by atoms with E-state index >= 15 is 0 Å². The molecule has 0 bridgehead atoms. The Morgan fingerprint density at radius 2 is 2.08 bits per heavy atom. The Morgan fingerprint density at radius 1 is 1.20 bits per heavy atom. The average molecular weight is 354 g/mol. The second-order valence-electron chi connectivity index (χ2n) is 5.76. The third kappa shape index (κ3) is 2.94. The highest BCUT2D eigenvalue weighted by Gasteiger charge is 2.09. The van der Waals surface area contributed by atoms with E-state index in [9.17, 15) is 0 Å². The smallest absolute Gasteiger partial charge is 0.234 e. The highest BCUT2D eigenvalue weighted by molar-refractivity contribution is 6.32. The van der Waals surface area contributed by atoms with Crippen LogP contribution >= 0.6 is 11.6 Å². The summed E-state index contributed by atoms with van der Waals surface area (Å²) < 4.78 is 3.69. The van der Waals surface area contributed by atoms with Crippen molar-refractivity contribution in [2.75, 3.05) is 5.32 Å². The van der Waals surface area contributed by atoms with Gasteiger partial charge in [0.15, 0.2) is 5.82 Å². The first-order chi connectivity index (χ1) is 12.1. The van der Waals surface area contributed by atoms with Crippen LogP contribution in [0.15, 0.2) is 43.0 Å². The van der Waals surface area contributed by atoms with Crippen molar-refractivity contribution in [1.82, 2.24) is 29.1 Å². The van der Waals surface area contributed by atoms with E-state index in [1.165, 1.54) is 0 Å². The molecule has 0 aliphatic rings. The average Bonchev–Trinajstić information content (AvgIpc) is 3.20. The molecule has 4 aromatic heterocycles. The van der Waals surface area contributed by atoms with Crippen molar-refractivity contribution in [1.29, 1.82) is 0 Å². The fourth-order valence-electron chi connectivity index (χ4n) is 2.79. The summed E-state index contributed by atoms with van der Waals surface area (Å²) in [4.78, 5) is 13.1. The second-order valence-corrected chi connectivity index (χ2v) is 6.17. The molecule has 7 nitrogen and oxygen atoms in total. The summed E-state index contributed by atoms with van der Waals surface area (Å²) in [5, 5.41) is 8.21. The van der Waals surface area contributed by atoms with Gasteiger partial charge in [-0.05, 0) is 32.0 Å². The van der Waals surface area contributed by atoms with E-state index in [0.717, 1.165) is 22.8 Å². The highest BCUT2D eigenvalue weighted by atomic mass is 35.5. The standard InChI is InChI=1S/C17H16ClN7/c1-11-6-12(2)25-14(9-21-17(25)23-11)8-20-13-7-22-24(10-13)16-15(18)4-3-5-19-16/h3-7,9-10,20H,8H2,1-2H3. The SMILES string of the molecule is Cc1cc(C)n2c(CNc3cnn(-c4ncccc4Cl)c3)cnc2n1. The van der Waals surface area contributed by atoms with Crippen LogP contribution in [0.25, 0.3) is 11.6 Å². The first-order valence-electron chi connectivity index (χ1n) is 7.82. The first kappa shape index (κ1) is 15.6. The van der Waals surface area contributed by atoms with Crippen molar-refractivity contribution in [3.63, 3.8) is 0 Å². The van der Waals surface area contributed by atoms with E-state index in [1.807, 2.05) is 36.7 Å². The van der Waals surface area contributed by atoms with Crippen LogP contribution in [-0.4, -0.2) is 29.1 Å². The summed E-state index contributed by atoms with van der Waals surface area (Å²) in [5.74, 6) is 1.31. The fourth-order valence-corrected chi connectivity index (χ4v) is 3.00.